The molecule has 1 saturated heterocycles. The zero-order chi connectivity index (χ0) is 20.6. The average Bonchev–Trinajstić information content (AvgIpc) is 3.10. The van der Waals surface area contributed by atoms with Gasteiger partial charge in [-0.1, -0.05) is 0 Å². The lowest BCUT2D eigenvalue weighted by Crippen LogP contribution is -2.34. The van der Waals surface area contributed by atoms with Gasteiger partial charge in [-0.25, -0.2) is 4.79 Å². The van der Waals surface area contributed by atoms with E-state index in [2.05, 4.69) is 10.6 Å². The number of rotatable bonds is 8. The minimum atomic E-state index is -0.291. The quantitative estimate of drug-likeness (QED) is 0.712. The third-order valence-corrected chi connectivity index (χ3v) is 4.64. The van der Waals surface area contributed by atoms with Crippen molar-refractivity contribution in [1.29, 1.82) is 0 Å². The van der Waals surface area contributed by atoms with Gasteiger partial charge in [-0.2, -0.15) is 0 Å². The molecule has 0 aliphatic carbocycles. The van der Waals surface area contributed by atoms with E-state index < -0.39 is 0 Å². The number of amides is 3. The van der Waals surface area contributed by atoms with Crippen LogP contribution in [0.5, 0.6) is 11.5 Å². The van der Waals surface area contributed by atoms with Gasteiger partial charge in [-0.05, 0) is 62.4 Å². The lowest BCUT2D eigenvalue weighted by atomic mass is 10.1. The topological polar surface area (TPSA) is 79.9 Å². The second-order valence-electron chi connectivity index (χ2n) is 6.79. The monoisotopic (exact) mass is 397 g/mol. The number of ether oxygens (including phenoxy) is 2. The van der Waals surface area contributed by atoms with Gasteiger partial charge in [0.1, 0.15) is 11.5 Å². The summed E-state index contributed by atoms with van der Waals surface area (Å²) in [5, 5.41) is 5.64. The molecule has 0 aromatic heterocycles. The van der Waals surface area contributed by atoms with Gasteiger partial charge < -0.3 is 25.0 Å². The molecule has 29 heavy (non-hydrogen) atoms. The first kappa shape index (κ1) is 20.5. The summed E-state index contributed by atoms with van der Waals surface area (Å²) >= 11 is 0. The molecule has 1 heterocycles. The number of carbonyl (C=O) groups is 2. The van der Waals surface area contributed by atoms with Gasteiger partial charge in [0, 0.05) is 36.8 Å². The van der Waals surface area contributed by atoms with Crippen molar-refractivity contribution in [2.24, 2.45) is 5.92 Å². The lowest BCUT2D eigenvalue weighted by Gasteiger charge is -2.17. The molecule has 1 atom stereocenters. The summed E-state index contributed by atoms with van der Waals surface area (Å²) in [5.41, 5.74) is 1.53. The van der Waals surface area contributed by atoms with Gasteiger partial charge in [-0.15, -0.1) is 0 Å². The predicted octanol–water partition coefficient (Wildman–Crippen LogP) is 3.66. The van der Waals surface area contributed by atoms with E-state index in [4.69, 9.17) is 9.47 Å². The van der Waals surface area contributed by atoms with Gasteiger partial charge in [-0.3, -0.25) is 4.79 Å². The predicted molar refractivity (Wildman–Crippen MR) is 113 cm³/mol. The molecule has 0 unspecified atom stereocenters. The van der Waals surface area contributed by atoms with Crippen molar-refractivity contribution in [3.8, 4) is 11.5 Å². The second-order valence-corrected chi connectivity index (χ2v) is 6.79. The van der Waals surface area contributed by atoms with Crippen LogP contribution in [0.3, 0.4) is 0 Å². The molecule has 0 saturated carbocycles. The fourth-order valence-electron chi connectivity index (χ4n) is 3.27. The Hall–Kier alpha value is -3.22. The Kier molecular flexibility index (Phi) is 6.94. The summed E-state index contributed by atoms with van der Waals surface area (Å²) in [6.45, 7) is 6.07. The molecule has 3 amide bonds. The summed E-state index contributed by atoms with van der Waals surface area (Å²) in [6.07, 6.45) is 0.413. The van der Waals surface area contributed by atoms with Crippen LogP contribution >= 0.6 is 0 Å². The van der Waals surface area contributed by atoms with Crippen LogP contribution in [0, 0.1) is 5.92 Å². The maximum absolute atomic E-state index is 12.4. The van der Waals surface area contributed by atoms with E-state index in [0.29, 0.717) is 38.4 Å². The molecule has 1 fully saturated rings. The molecule has 154 valence electrons. The van der Waals surface area contributed by atoms with Crippen LogP contribution in [-0.2, 0) is 4.79 Å². The Bertz CT molecular complexity index is 821. The zero-order valence-corrected chi connectivity index (χ0v) is 16.8. The van der Waals surface area contributed by atoms with E-state index >= 15 is 0 Å². The molecule has 1 aliphatic rings. The Morgan fingerprint density at radius 2 is 1.59 bits per heavy atom. The van der Waals surface area contributed by atoms with Crippen LogP contribution in [0.1, 0.15) is 20.3 Å². The summed E-state index contributed by atoms with van der Waals surface area (Å²) in [6, 6.07) is 14.4. The largest absolute Gasteiger partial charge is 0.494 e. The van der Waals surface area contributed by atoms with Crippen molar-refractivity contribution in [2.45, 2.75) is 20.3 Å². The van der Waals surface area contributed by atoms with Gasteiger partial charge in [0.15, 0.2) is 0 Å². The molecule has 7 nitrogen and oxygen atoms in total. The van der Waals surface area contributed by atoms with E-state index in [1.54, 1.807) is 17.0 Å². The van der Waals surface area contributed by atoms with Crippen LogP contribution in [0.15, 0.2) is 48.5 Å². The average molecular weight is 397 g/mol. The number of anilines is 2. The highest BCUT2D eigenvalue weighted by molar-refractivity contribution is 5.96. The highest BCUT2D eigenvalue weighted by Crippen LogP contribution is 2.26. The van der Waals surface area contributed by atoms with Gasteiger partial charge in [0.2, 0.25) is 5.91 Å². The highest BCUT2D eigenvalue weighted by atomic mass is 16.5. The number of carbonyl (C=O) groups excluding carboxylic acids is 2. The number of benzene rings is 2. The SMILES string of the molecule is CCOc1ccc(NC(=O)NC[C@H]2CC(=O)N(c3ccc(OCC)cc3)C2)cc1. The van der Waals surface area contributed by atoms with Crippen LogP contribution < -0.4 is 25.0 Å². The first-order valence-corrected chi connectivity index (χ1v) is 9.90. The summed E-state index contributed by atoms with van der Waals surface area (Å²) in [4.78, 5) is 26.3. The Morgan fingerprint density at radius 1 is 1.00 bits per heavy atom. The van der Waals surface area contributed by atoms with E-state index in [1.165, 1.54) is 0 Å². The van der Waals surface area contributed by atoms with Crippen LogP contribution in [0.4, 0.5) is 16.2 Å². The summed E-state index contributed by atoms with van der Waals surface area (Å²) in [5.74, 6) is 1.68. The third-order valence-electron chi connectivity index (χ3n) is 4.64. The summed E-state index contributed by atoms with van der Waals surface area (Å²) in [7, 11) is 0. The standard InChI is InChI=1S/C22H27N3O4/c1-3-28-19-9-5-17(6-10-19)24-22(27)23-14-16-13-21(26)25(15-16)18-7-11-20(12-8-18)29-4-2/h5-12,16H,3-4,13-15H2,1-2H3,(H2,23,24,27)/t16-/m1/s1. The molecule has 0 spiro atoms. The molecule has 2 aromatic carbocycles. The lowest BCUT2D eigenvalue weighted by molar-refractivity contribution is -0.117. The zero-order valence-electron chi connectivity index (χ0n) is 16.8. The van der Waals surface area contributed by atoms with E-state index in [1.807, 2.05) is 50.2 Å². The normalized spacial score (nSPS) is 15.9. The Balaban J connectivity index is 1.47. The smallest absolute Gasteiger partial charge is 0.319 e. The van der Waals surface area contributed by atoms with Crippen molar-refractivity contribution < 1.29 is 19.1 Å². The Labute approximate surface area is 171 Å². The number of urea groups is 1. The highest BCUT2D eigenvalue weighted by Gasteiger charge is 2.30. The minimum Gasteiger partial charge on any atom is -0.494 e. The van der Waals surface area contributed by atoms with Crippen LogP contribution in [0.2, 0.25) is 0 Å². The molecule has 0 radical (unpaired) electrons. The summed E-state index contributed by atoms with van der Waals surface area (Å²) < 4.78 is 10.8. The molecule has 0 bridgehead atoms. The second kappa shape index (κ2) is 9.82. The molecular weight excluding hydrogens is 370 g/mol. The number of hydrogen-bond donors (Lipinski definition) is 2. The van der Waals surface area contributed by atoms with Crippen molar-refractivity contribution in [3.63, 3.8) is 0 Å². The van der Waals surface area contributed by atoms with Crippen molar-refractivity contribution in [1.82, 2.24) is 5.32 Å². The fourth-order valence-corrected chi connectivity index (χ4v) is 3.27. The molecule has 2 N–H and O–H groups in total. The van der Waals surface area contributed by atoms with E-state index in [-0.39, 0.29) is 17.9 Å². The third kappa shape index (κ3) is 5.63. The molecule has 7 heteroatoms. The fraction of sp³-hybridized carbons (Fsp3) is 0.364. The van der Waals surface area contributed by atoms with Crippen LogP contribution in [0.25, 0.3) is 0 Å². The van der Waals surface area contributed by atoms with Gasteiger partial charge in [0.25, 0.3) is 0 Å². The number of nitrogens with one attached hydrogen (secondary N) is 2. The molecular formula is C22H27N3O4. The number of hydrogen-bond acceptors (Lipinski definition) is 4. The molecule has 3 rings (SSSR count). The van der Waals surface area contributed by atoms with E-state index in [0.717, 1.165) is 17.2 Å². The van der Waals surface area contributed by atoms with Crippen LogP contribution in [-0.4, -0.2) is 38.2 Å². The number of nitrogens with zero attached hydrogens (tertiary/aromatic N) is 1. The van der Waals surface area contributed by atoms with Gasteiger partial charge >= 0.3 is 6.03 Å². The molecule has 2 aromatic rings. The Morgan fingerprint density at radius 3 is 2.17 bits per heavy atom. The molecule has 1 aliphatic heterocycles. The van der Waals surface area contributed by atoms with Crippen molar-refractivity contribution in [2.75, 3.05) is 36.5 Å². The first-order valence-electron chi connectivity index (χ1n) is 9.90. The van der Waals surface area contributed by atoms with E-state index in [9.17, 15) is 9.59 Å². The minimum absolute atomic E-state index is 0.0629. The van der Waals surface area contributed by atoms with Crippen molar-refractivity contribution >= 4 is 23.3 Å². The maximum atomic E-state index is 12.4. The maximum Gasteiger partial charge on any atom is 0.319 e. The van der Waals surface area contributed by atoms with Crippen molar-refractivity contribution in [3.05, 3.63) is 48.5 Å². The first-order chi connectivity index (χ1) is 14.1. The van der Waals surface area contributed by atoms with Gasteiger partial charge in [0.05, 0.1) is 13.2 Å².